The molecule has 84 valence electrons. The largest absolute Gasteiger partial charge is 0.496 e. The van der Waals surface area contributed by atoms with Crippen molar-refractivity contribution >= 4 is 15.9 Å². The lowest BCUT2D eigenvalue weighted by molar-refractivity contribution is 0.412. The fourth-order valence-corrected chi connectivity index (χ4v) is 2.05. The maximum Gasteiger partial charge on any atom is 0.133 e. The summed E-state index contributed by atoms with van der Waals surface area (Å²) < 4.78 is 6.22. The van der Waals surface area contributed by atoms with Gasteiger partial charge in [0.25, 0.3) is 0 Å². The third kappa shape index (κ3) is 4.22. The van der Waals surface area contributed by atoms with Crippen molar-refractivity contribution in [1.82, 2.24) is 5.32 Å². The van der Waals surface area contributed by atoms with E-state index in [4.69, 9.17) is 4.74 Å². The maximum atomic E-state index is 5.18. The van der Waals surface area contributed by atoms with Crippen LogP contribution in [0.15, 0.2) is 22.7 Å². The van der Waals surface area contributed by atoms with Crippen molar-refractivity contribution in [3.63, 3.8) is 0 Å². The molecule has 0 aliphatic carbocycles. The monoisotopic (exact) mass is 271 g/mol. The standard InChI is InChI=1S/C12H18BrNO/c1-3-14-8-4-5-10-6-7-12(15-2)11(13)9-10/h6-7,9,14H,3-5,8H2,1-2H3. The minimum atomic E-state index is 0.894. The van der Waals surface area contributed by atoms with Crippen molar-refractivity contribution in [1.29, 1.82) is 0 Å². The van der Waals surface area contributed by atoms with E-state index in [2.05, 4.69) is 40.3 Å². The second-order valence-electron chi connectivity index (χ2n) is 3.43. The molecule has 0 heterocycles. The zero-order valence-electron chi connectivity index (χ0n) is 9.35. The van der Waals surface area contributed by atoms with Crippen LogP contribution in [0, 0.1) is 0 Å². The first-order chi connectivity index (χ1) is 7.27. The number of aryl methyl sites for hydroxylation is 1. The van der Waals surface area contributed by atoms with Crippen LogP contribution in [0.4, 0.5) is 0 Å². The minimum Gasteiger partial charge on any atom is -0.496 e. The molecule has 2 nitrogen and oxygen atoms in total. The molecule has 0 aliphatic heterocycles. The molecule has 0 saturated carbocycles. The van der Waals surface area contributed by atoms with Crippen molar-refractivity contribution in [3.8, 4) is 5.75 Å². The Morgan fingerprint density at radius 2 is 2.20 bits per heavy atom. The van der Waals surface area contributed by atoms with Crippen LogP contribution < -0.4 is 10.1 Å². The second kappa shape index (κ2) is 6.85. The molecule has 15 heavy (non-hydrogen) atoms. The van der Waals surface area contributed by atoms with Crippen molar-refractivity contribution in [2.75, 3.05) is 20.2 Å². The van der Waals surface area contributed by atoms with Gasteiger partial charge in [0.1, 0.15) is 5.75 Å². The zero-order chi connectivity index (χ0) is 11.1. The van der Waals surface area contributed by atoms with Crippen LogP contribution in [-0.4, -0.2) is 20.2 Å². The SMILES string of the molecule is CCNCCCc1ccc(OC)c(Br)c1. The number of halogens is 1. The average molecular weight is 272 g/mol. The number of benzene rings is 1. The first-order valence-corrected chi connectivity index (χ1v) is 6.10. The highest BCUT2D eigenvalue weighted by Gasteiger charge is 2.00. The normalized spacial score (nSPS) is 10.3. The van der Waals surface area contributed by atoms with Gasteiger partial charge in [-0.2, -0.15) is 0 Å². The van der Waals surface area contributed by atoms with Gasteiger partial charge in [0.15, 0.2) is 0 Å². The van der Waals surface area contributed by atoms with Gasteiger partial charge in [-0.25, -0.2) is 0 Å². The summed E-state index contributed by atoms with van der Waals surface area (Å²) >= 11 is 3.49. The van der Waals surface area contributed by atoms with E-state index in [-0.39, 0.29) is 0 Å². The molecule has 0 unspecified atom stereocenters. The Morgan fingerprint density at radius 1 is 1.40 bits per heavy atom. The van der Waals surface area contributed by atoms with Crippen molar-refractivity contribution < 1.29 is 4.74 Å². The molecule has 0 atom stereocenters. The summed E-state index contributed by atoms with van der Waals surface area (Å²) in [6.45, 7) is 4.26. The lowest BCUT2D eigenvalue weighted by Crippen LogP contribution is -2.14. The summed E-state index contributed by atoms with van der Waals surface area (Å²) in [5.41, 5.74) is 1.35. The highest BCUT2D eigenvalue weighted by Crippen LogP contribution is 2.25. The lowest BCUT2D eigenvalue weighted by Gasteiger charge is -2.06. The van der Waals surface area contributed by atoms with Crippen LogP contribution in [0.25, 0.3) is 0 Å². The Bertz CT molecular complexity index is 302. The summed E-state index contributed by atoms with van der Waals surface area (Å²) in [7, 11) is 1.69. The maximum absolute atomic E-state index is 5.18. The van der Waals surface area contributed by atoms with Crippen LogP contribution in [-0.2, 0) is 6.42 Å². The molecule has 3 heteroatoms. The lowest BCUT2D eigenvalue weighted by atomic mass is 10.1. The fraction of sp³-hybridized carbons (Fsp3) is 0.500. The molecule has 0 aromatic heterocycles. The summed E-state index contributed by atoms with van der Waals surface area (Å²) in [5, 5.41) is 3.32. The van der Waals surface area contributed by atoms with Crippen LogP contribution in [0.1, 0.15) is 18.9 Å². The molecule has 1 aromatic rings. The third-order valence-corrected chi connectivity index (χ3v) is 2.90. The number of nitrogens with one attached hydrogen (secondary N) is 1. The Kier molecular flexibility index (Phi) is 5.73. The topological polar surface area (TPSA) is 21.3 Å². The number of methoxy groups -OCH3 is 1. The summed E-state index contributed by atoms with van der Waals surface area (Å²) in [5.74, 6) is 0.894. The molecule has 0 aliphatic rings. The molecular weight excluding hydrogens is 254 g/mol. The van der Waals surface area contributed by atoms with Gasteiger partial charge < -0.3 is 10.1 Å². The number of hydrogen-bond donors (Lipinski definition) is 1. The number of rotatable bonds is 6. The van der Waals surface area contributed by atoms with E-state index in [9.17, 15) is 0 Å². The molecular formula is C12H18BrNO. The molecule has 1 rings (SSSR count). The quantitative estimate of drug-likeness (QED) is 0.804. The predicted molar refractivity (Wildman–Crippen MR) is 67.6 cm³/mol. The molecule has 1 N–H and O–H groups in total. The Balaban J connectivity index is 2.45. The predicted octanol–water partition coefficient (Wildman–Crippen LogP) is 3.00. The van der Waals surface area contributed by atoms with E-state index in [1.54, 1.807) is 7.11 Å². The van der Waals surface area contributed by atoms with E-state index in [1.807, 2.05) is 6.07 Å². The smallest absolute Gasteiger partial charge is 0.133 e. The fourth-order valence-electron chi connectivity index (χ4n) is 1.46. The van der Waals surface area contributed by atoms with Gasteiger partial charge in [0, 0.05) is 0 Å². The molecule has 0 amide bonds. The molecule has 1 aromatic carbocycles. The van der Waals surface area contributed by atoms with Crippen LogP contribution in [0.5, 0.6) is 5.75 Å². The number of hydrogen-bond acceptors (Lipinski definition) is 2. The molecule has 0 radical (unpaired) electrons. The van der Waals surface area contributed by atoms with Gasteiger partial charge in [-0.05, 0) is 59.6 Å². The molecule has 0 bridgehead atoms. The Hall–Kier alpha value is -0.540. The van der Waals surface area contributed by atoms with E-state index in [0.717, 1.165) is 29.7 Å². The first-order valence-electron chi connectivity index (χ1n) is 5.31. The molecule has 0 saturated heterocycles. The third-order valence-electron chi connectivity index (χ3n) is 2.29. The van der Waals surface area contributed by atoms with Crippen LogP contribution in [0.3, 0.4) is 0 Å². The highest BCUT2D eigenvalue weighted by molar-refractivity contribution is 9.10. The second-order valence-corrected chi connectivity index (χ2v) is 4.28. The van der Waals surface area contributed by atoms with E-state index in [0.29, 0.717) is 0 Å². The van der Waals surface area contributed by atoms with Crippen LogP contribution in [0.2, 0.25) is 0 Å². The van der Waals surface area contributed by atoms with Gasteiger partial charge in [0.2, 0.25) is 0 Å². The first kappa shape index (κ1) is 12.5. The zero-order valence-corrected chi connectivity index (χ0v) is 10.9. The van der Waals surface area contributed by atoms with Crippen molar-refractivity contribution in [3.05, 3.63) is 28.2 Å². The number of ether oxygens (including phenoxy) is 1. The van der Waals surface area contributed by atoms with Crippen LogP contribution >= 0.6 is 15.9 Å². The Morgan fingerprint density at radius 3 is 2.80 bits per heavy atom. The van der Waals surface area contributed by atoms with Crippen molar-refractivity contribution in [2.45, 2.75) is 19.8 Å². The van der Waals surface area contributed by atoms with Gasteiger partial charge in [-0.15, -0.1) is 0 Å². The molecule has 0 spiro atoms. The van der Waals surface area contributed by atoms with Gasteiger partial charge >= 0.3 is 0 Å². The summed E-state index contributed by atoms with van der Waals surface area (Å²) in [6, 6.07) is 6.26. The van der Waals surface area contributed by atoms with E-state index < -0.39 is 0 Å². The van der Waals surface area contributed by atoms with E-state index >= 15 is 0 Å². The van der Waals surface area contributed by atoms with E-state index in [1.165, 1.54) is 12.0 Å². The minimum absolute atomic E-state index is 0.894. The van der Waals surface area contributed by atoms with Gasteiger partial charge in [-0.3, -0.25) is 0 Å². The highest BCUT2D eigenvalue weighted by atomic mass is 79.9. The average Bonchev–Trinajstić information content (AvgIpc) is 2.25. The Labute approximate surface area is 100 Å². The molecule has 0 fully saturated rings. The summed E-state index contributed by atoms with van der Waals surface area (Å²) in [4.78, 5) is 0. The van der Waals surface area contributed by atoms with Gasteiger partial charge in [0.05, 0.1) is 11.6 Å². The summed E-state index contributed by atoms with van der Waals surface area (Å²) in [6.07, 6.45) is 2.28. The van der Waals surface area contributed by atoms with Crippen molar-refractivity contribution in [2.24, 2.45) is 0 Å². The van der Waals surface area contributed by atoms with Gasteiger partial charge in [-0.1, -0.05) is 13.0 Å².